The molecule has 3 aromatic heterocycles. The quantitative estimate of drug-likeness (QED) is 0.538. The van der Waals surface area contributed by atoms with Gasteiger partial charge in [-0.25, -0.2) is 14.5 Å². The van der Waals surface area contributed by atoms with Crippen LogP contribution in [0, 0.1) is 5.92 Å². The topological polar surface area (TPSA) is 72.6 Å². The summed E-state index contributed by atoms with van der Waals surface area (Å²) < 4.78 is 7.58. The molecular formula is C22H21N5O2. The Balaban J connectivity index is 1.17. The van der Waals surface area contributed by atoms with E-state index in [0.717, 1.165) is 42.5 Å². The zero-order valence-electron chi connectivity index (χ0n) is 15.9. The molecule has 0 spiro atoms. The molecule has 0 aliphatic carbocycles. The van der Waals surface area contributed by atoms with Crippen LogP contribution < -0.4 is 4.74 Å². The van der Waals surface area contributed by atoms with Crippen LogP contribution in [-0.4, -0.2) is 50.1 Å². The molecule has 5 rings (SSSR count). The van der Waals surface area contributed by atoms with Gasteiger partial charge in [-0.2, -0.15) is 0 Å². The third-order valence-electron chi connectivity index (χ3n) is 5.42. The fraction of sp³-hybridized carbons (Fsp3) is 0.273. The summed E-state index contributed by atoms with van der Waals surface area (Å²) in [4.78, 5) is 23.4. The van der Waals surface area contributed by atoms with E-state index in [2.05, 4.69) is 15.1 Å². The maximum Gasteiger partial charge on any atom is 0.272 e. The number of nitrogens with zero attached hydrogens (tertiary/aromatic N) is 5. The molecule has 4 aromatic rings. The third-order valence-corrected chi connectivity index (χ3v) is 5.42. The second-order valence-corrected chi connectivity index (χ2v) is 7.34. The second kappa shape index (κ2) is 7.50. The maximum atomic E-state index is 12.8. The minimum absolute atomic E-state index is 0.00217. The lowest BCUT2D eigenvalue weighted by molar-refractivity contribution is 0.0653. The number of hydrogen-bond donors (Lipinski definition) is 0. The van der Waals surface area contributed by atoms with Crippen LogP contribution in [0.25, 0.3) is 16.6 Å². The summed E-state index contributed by atoms with van der Waals surface area (Å²) in [6.07, 6.45) is 5.33. The number of likely N-dealkylation sites (tertiary alicyclic amines) is 1. The number of aromatic nitrogens is 4. The maximum absolute atomic E-state index is 12.8. The highest BCUT2D eigenvalue weighted by molar-refractivity contribution is 5.94. The van der Waals surface area contributed by atoms with Crippen molar-refractivity contribution in [3.8, 4) is 5.88 Å². The van der Waals surface area contributed by atoms with Gasteiger partial charge in [0, 0.05) is 36.9 Å². The average molecular weight is 387 g/mol. The van der Waals surface area contributed by atoms with Gasteiger partial charge in [0.25, 0.3) is 5.91 Å². The molecule has 0 atom stereocenters. The summed E-state index contributed by atoms with van der Waals surface area (Å²) in [6.45, 7) is 2.04. The van der Waals surface area contributed by atoms with Crippen molar-refractivity contribution in [2.24, 2.45) is 5.92 Å². The summed E-state index contributed by atoms with van der Waals surface area (Å²) in [5, 5.41) is 5.43. The average Bonchev–Trinajstić information content (AvgIpc) is 3.25. The van der Waals surface area contributed by atoms with Gasteiger partial charge in [-0.05, 0) is 37.0 Å². The first-order valence-electron chi connectivity index (χ1n) is 9.84. The zero-order valence-corrected chi connectivity index (χ0v) is 15.9. The Morgan fingerprint density at radius 2 is 1.93 bits per heavy atom. The van der Waals surface area contributed by atoms with E-state index in [1.165, 1.54) is 0 Å². The first-order valence-corrected chi connectivity index (χ1v) is 9.84. The van der Waals surface area contributed by atoms with Crippen molar-refractivity contribution in [3.63, 3.8) is 0 Å². The van der Waals surface area contributed by atoms with Crippen LogP contribution >= 0.6 is 0 Å². The van der Waals surface area contributed by atoms with Gasteiger partial charge in [0.05, 0.1) is 12.1 Å². The number of para-hydroxylation sites is 1. The minimum Gasteiger partial charge on any atom is -0.476 e. The molecule has 4 heterocycles. The number of ether oxygens (including phenoxy) is 1. The standard InChI is InChI=1S/C22H21N5O2/c28-22(19-6-5-17-3-1-2-4-18(17)24-19)26-12-9-16(10-13-26)15-29-21-8-7-20-23-11-14-27(20)25-21/h1-8,11,14,16H,9-10,12-13,15H2. The lowest BCUT2D eigenvalue weighted by Gasteiger charge is -2.31. The van der Waals surface area contributed by atoms with Crippen LogP contribution in [0.4, 0.5) is 0 Å². The monoisotopic (exact) mass is 387 g/mol. The van der Waals surface area contributed by atoms with Gasteiger partial charge < -0.3 is 9.64 Å². The van der Waals surface area contributed by atoms with E-state index < -0.39 is 0 Å². The first kappa shape index (κ1) is 17.6. The lowest BCUT2D eigenvalue weighted by atomic mass is 9.97. The summed E-state index contributed by atoms with van der Waals surface area (Å²) >= 11 is 0. The van der Waals surface area contributed by atoms with E-state index in [4.69, 9.17) is 4.74 Å². The number of carbonyl (C=O) groups excluding carboxylic acids is 1. The summed E-state index contributed by atoms with van der Waals surface area (Å²) in [5.74, 6) is 1.00. The normalized spacial score (nSPS) is 15.1. The molecule has 1 amide bonds. The van der Waals surface area contributed by atoms with E-state index in [0.29, 0.717) is 24.1 Å². The molecule has 1 saturated heterocycles. The number of benzene rings is 1. The van der Waals surface area contributed by atoms with Crippen LogP contribution in [0.5, 0.6) is 5.88 Å². The highest BCUT2D eigenvalue weighted by atomic mass is 16.5. The summed E-state index contributed by atoms with van der Waals surface area (Å²) in [6, 6.07) is 15.4. The van der Waals surface area contributed by atoms with Crippen molar-refractivity contribution < 1.29 is 9.53 Å². The van der Waals surface area contributed by atoms with E-state index in [-0.39, 0.29) is 5.91 Å². The Morgan fingerprint density at radius 1 is 1.07 bits per heavy atom. The van der Waals surface area contributed by atoms with Crippen molar-refractivity contribution in [3.05, 3.63) is 66.6 Å². The first-order chi connectivity index (χ1) is 14.3. The number of hydrogen-bond acceptors (Lipinski definition) is 5. The molecule has 0 saturated carbocycles. The van der Waals surface area contributed by atoms with Gasteiger partial charge in [0.1, 0.15) is 5.69 Å². The summed E-state index contributed by atoms with van der Waals surface area (Å²) in [7, 11) is 0. The molecule has 7 heteroatoms. The van der Waals surface area contributed by atoms with Crippen molar-refractivity contribution in [2.45, 2.75) is 12.8 Å². The molecule has 0 N–H and O–H groups in total. The largest absolute Gasteiger partial charge is 0.476 e. The van der Waals surface area contributed by atoms with Crippen molar-refractivity contribution >= 4 is 22.5 Å². The number of imidazole rings is 1. The van der Waals surface area contributed by atoms with Gasteiger partial charge in [0.15, 0.2) is 5.65 Å². The Labute approximate surface area is 167 Å². The molecule has 146 valence electrons. The Hall–Kier alpha value is -3.48. The highest BCUT2D eigenvalue weighted by Crippen LogP contribution is 2.21. The van der Waals surface area contributed by atoms with E-state index in [1.807, 2.05) is 53.4 Å². The molecular weight excluding hydrogens is 366 g/mol. The number of piperidine rings is 1. The van der Waals surface area contributed by atoms with Crippen LogP contribution in [-0.2, 0) is 0 Å². The molecule has 1 aliphatic heterocycles. The highest BCUT2D eigenvalue weighted by Gasteiger charge is 2.25. The molecule has 1 fully saturated rings. The van der Waals surface area contributed by atoms with Crippen LogP contribution in [0.3, 0.4) is 0 Å². The number of pyridine rings is 1. The Kier molecular flexibility index (Phi) is 4.56. The minimum atomic E-state index is 0.00217. The molecule has 0 radical (unpaired) electrons. The lowest BCUT2D eigenvalue weighted by Crippen LogP contribution is -2.40. The zero-order chi connectivity index (χ0) is 19.6. The molecule has 1 aromatic carbocycles. The molecule has 0 bridgehead atoms. The number of rotatable bonds is 4. The van der Waals surface area contributed by atoms with Gasteiger partial charge in [-0.1, -0.05) is 24.3 Å². The van der Waals surface area contributed by atoms with Crippen molar-refractivity contribution in [2.75, 3.05) is 19.7 Å². The van der Waals surface area contributed by atoms with Crippen molar-refractivity contribution in [1.82, 2.24) is 24.5 Å². The van der Waals surface area contributed by atoms with Gasteiger partial charge in [-0.3, -0.25) is 4.79 Å². The molecule has 7 nitrogen and oxygen atoms in total. The number of carbonyl (C=O) groups is 1. The molecule has 0 unspecified atom stereocenters. The van der Waals surface area contributed by atoms with E-state index >= 15 is 0 Å². The SMILES string of the molecule is O=C(c1ccc2ccccc2n1)N1CCC(COc2ccc3nccn3n2)CC1. The predicted molar refractivity (Wildman–Crippen MR) is 109 cm³/mol. The van der Waals surface area contributed by atoms with E-state index in [9.17, 15) is 4.79 Å². The second-order valence-electron chi connectivity index (χ2n) is 7.34. The molecule has 1 aliphatic rings. The third kappa shape index (κ3) is 3.63. The van der Waals surface area contributed by atoms with Crippen molar-refractivity contribution in [1.29, 1.82) is 0 Å². The van der Waals surface area contributed by atoms with Crippen LogP contribution in [0.2, 0.25) is 0 Å². The van der Waals surface area contributed by atoms with Gasteiger partial charge in [0.2, 0.25) is 5.88 Å². The molecule has 29 heavy (non-hydrogen) atoms. The Morgan fingerprint density at radius 3 is 2.83 bits per heavy atom. The summed E-state index contributed by atoms with van der Waals surface area (Å²) in [5.41, 5.74) is 2.16. The Bertz CT molecular complexity index is 1160. The van der Waals surface area contributed by atoms with Gasteiger partial charge >= 0.3 is 0 Å². The predicted octanol–water partition coefficient (Wildman–Crippen LogP) is 3.21. The van der Waals surface area contributed by atoms with Crippen LogP contribution in [0.15, 0.2) is 60.9 Å². The number of fused-ring (bicyclic) bond motifs is 2. The number of amides is 1. The fourth-order valence-corrected chi connectivity index (χ4v) is 3.73. The fourth-order valence-electron chi connectivity index (χ4n) is 3.73. The smallest absolute Gasteiger partial charge is 0.272 e. The van der Waals surface area contributed by atoms with Crippen LogP contribution in [0.1, 0.15) is 23.3 Å². The van der Waals surface area contributed by atoms with E-state index in [1.54, 1.807) is 16.9 Å². The van der Waals surface area contributed by atoms with Gasteiger partial charge in [-0.15, -0.1) is 5.10 Å².